The molecule has 3 unspecified atom stereocenters. The van der Waals surface area contributed by atoms with Gasteiger partial charge in [-0.2, -0.15) is 13.2 Å². The van der Waals surface area contributed by atoms with E-state index in [9.17, 15) is 27.0 Å². The van der Waals surface area contributed by atoms with Gasteiger partial charge in [0.1, 0.15) is 6.29 Å². The molecule has 5 N–H and O–H groups in total. The predicted octanol–water partition coefficient (Wildman–Crippen LogP) is -0.0348. The van der Waals surface area contributed by atoms with Gasteiger partial charge in [-0.1, -0.05) is 0 Å². The van der Waals surface area contributed by atoms with Gasteiger partial charge in [0, 0.05) is 21.2 Å². The van der Waals surface area contributed by atoms with Crippen molar-refractivity contribution in [2.24, 2.45) is 11.7 Å². The van der Waals surface area contributed by atoms with Crippen LogP contribution < -0.4 is 5.73 Å². The van der Waals surface area contributed by atoms with E-state index in [1.165, 1.54) is 0 Å². The summed E-state index contributed by atoms with van der Waals surface area (Å²) in [7, 11) is -3.54. The highest BCUT2D eigenvalue weighted by atomic mass is 32.2. The molecule has 0 spiro atoms. The van der Waals surface area contributed by atoms with Gasteiger partial charge in [0.05, 0.1) is 12.1 Å². The summed E-state index contributed by atoms with van der Waals surface area (Å²) in [5.41, 5.74) is 3.67. The molecule has 7 nitrogen and oxygen atoms in total. The van der Waals surface area contributed by atoms with Crippen molar-refractivity contribution in [2.45, 2.75) is 24.6 Å². The maximum absolute atomic E-state index is 12.4. The molecule has 0 aromatic heterocycles. The zero-order valence-electron chi connectivity index (χ0n) is 10.9. The lowest BCUT2D eigenvalue weighted by Crippen LogP contribution is -2.46. The van der Waals surface area contributed by atoms with Crippen LogP contribution >= 0.6 is 0 Å². The number of carboxylic acid groups (broad SMARTS) is 1. The van der Waals surface area contributed by atoms with Crippen LogP contribution in [0.2, 0.25) is 0 Å². The first kappa shape index (κ1) is 19.8. The molecule has 0 fully saturated rings. The standard InChI is InChI=1S/C10H17F3N2O5S/c11-10(12,13)7(8(18)19)1-3-21(15,20)4-2-9(14,5-16)6-17/h5,7,15,17H,1-4,6,14H2,(H,18,19). The van der Waals surface area contributed by atoms with Crippen LogP contribution in [0.15, 0.2) is 0 Å². The maximum atomic E-state index is 12.4. The summed E-state index contributed by atoms with van der Waals surface area (Å²) in [5.74, 6) is -6.10. The fourth-order valence-electron chi connectivity index (χ4n) is 1.37. The van der Waals surface area contributed by atoms with Gasteiger partial charge in [0.2, 0.25) is 0 Å². The summed E-state index contributed by atoms with van der Waals surface area (Å²) in [6, 6.07) is 0. The predicted molar refractivity (Wildman–Crippen MR) is 67.1 cm³/mol. The fourth-order valence-corrected chi connectivity index (χ4v) is 2.90. The van der Waals surface area contributed by atoms with Crippen LogP contribution in [-0.4, -0.2) is 56.5 Å². The van der Waals surface area contributed by atoms with Gasteiger partial charge in [-0.25, -0.2) is 4.21 Å². The number of alkyl halides is 3. The molecule has 0 aliphatic heterocycles. The van der Waals surface area contributed by atoms with Gasteiger partial charge in [-0.05, 0) is 12.8 Å². The second-order valence-electron chi connectivity index (χ2n) is 4.70. The Morgan fingerprint density at radius 1 is 1.38 bits per heavy atom. The second-order valence-corrected chi connectivity index (χ2v) is 7.14. The maximum Gasteiger partial charge on any atom is 0.402 e. The molecule has 21 heavy (non-hydrogen) atoms. The molecule has 0 aliphatic carbocycles. The molecular formula is C10H17F3N2O5S. The zero-order valence-corrected chi connectivity index (χ0v) is 11.7. The molecular weight excluding hydrogens is 317 g/mol. The molecule has 0 aromatic carbocycles. The number of halogens is 3. The van der Waals surface area contributed by atoms with Crippen molar-refractivity contribution >= 4 is 22.0 Å². The number of rotatable bonds is 9. The van der Waals surface area contributed by atoms with Gasteiger partial charge < -0.3 is 20.7 Å². The lowest BCUT2D eigenvalue weighted by molar-refractivity contribution is -0.193. The summed E-state index contributed by atoms with van der Waals surface area (Å²) in [6.07, 6.45) is -6.14. The molecule has 124 valence electrons. The van der Waals surface area contributed by atoms with Crippen LogP contribution in [0.3, 0.4) is 0 Å². The van der Waals surface area contributed by atoms with E-state index in [0.29, 0.717) is 0 Å². The Morgan fingerprint density at radius 2 is 1.90 bits per heavy atom. The van der Waals surface area contributed by atoms with Crippen LogP contribution in [0.1, 0.15) is 12.8 Å². The molecule has 0 aromatic rings. The molecule has 0 aliphatic rings. The van der Waals surface area contributed by atoms with Crippen LogP contribution in [0.5, 0.6) is 0 Å². The summed E-state index contributed by atoms with van der Waals surface area (Å²) >= 11 is 0. The van der Waals surface area contributed by atoms with Gasteiger partial charge in [0.25, 0.3) is 0 Å². The van der Waals surface area contributed by atoms with E-state index in [1.54, 1.807) is 0 Å². The fraction of sp³-hybridized carbons (Fsp3) is 0.800. The van der Waals surface area contributed by atoms with Gasteiger partial charge in [0.15, 0.2) is 5.92 Å². The average molecular weight is 334 g/mol. The Morgan fingerprint density at radius 3 is 2.24 bits per heavy atom. The Labute approximate surface area is 119 Å². The Balaban J connectivity index is 4.69. The number of aldehydes is 1. The topological polar surface area (TPSA) is 142 Å². The van der Waals surface area contributed by atoms with Crippen molar-refractivity contribution < 1.29 is 37.2 Å². The van der Waals surface area contributed by atoms with E-state index in [1.807, 2.05) is 0 Å². The van der Waals surface area contributed by atoms with Gasteiger partial charge >= 0.3 is 12.1 Å². The summed E-state index contributed by atoms with van der Waals surface area (Å²) < 4.78 is 56.4. The molecule has 0 amide bonds. The zero-order chi connectivity index (χ0) is 16.9. The molecule has 0 saturated carbocycles. The van der Waals surface area contributed by atoms with Crippen molar-refractivity contribution in [1.29, 1.82) is 4.78 Å². The first-order chi connectivity index (χ1) is 9.37. The number of aliphatic carboxylic acids is 1. The first-order valence-corrected chi connectivity index (χ1v) is 7.66. The normalized spacial score (nSPS) is 19.3. The van der Waals surface area contributed by atoms with Gasteiger partial charge in [-0.15, -0.1) is 0 Å². The number of hydrogen-bond donors (Lipinski definition) is 4. The second kappa shape index (κ2) is 7.18. The smallest absolute Gasteiger partial charge is 0.402 e. The number of aliphatic hydroxyl groups excluding tert-OH is 1. The third kappa shape index (κ3) is 6.87. The molecule has 0 rings (SSSR count). The van der Waals surface area contributed by atoms with Crippen molar-refractivity contribution in [1.82, 2.24) is 0 Å². The Hall–Kier alpha value is -1.20. The molecule has 0 bridgehead atoms. The highest BCUT2D eigenvalue weighted by Gasteiger charge is 2.45. The van der Waals surface area contributed by atoms with E-state index >= 15 is 0 Å². The minimum absolute atomic E-state index is 0.207. The highest BCUT2D eigenvalue weighted by molar-refractivity contribution is 7.92. The Kier molecular flexibility index (Phi) is 6.77. The van der Waals surface area contributed by atoms with Gasteiger partial charge in [-0.3, -0.25) is 9.57 Å². The molecule has 0 radical (unpaired) electrons. The minimum atomic E-state index is -4.99. The molecule has 0 saturated heterocycles. The lowest BCUT2D eigenvalue weighted by Gasteiger charge is -2.21. The number of carbonyl (C=O) groups excluding carboxylic acids is 1. The van der Waals surface area contributed by atoms with E-state index in [4.69, 9.17) is 20.7 Å². The quantitative estimate of drug-likeness (QED) is 0.436. The molecule has 11 heteroatoms. The first-order valence-electron chi connectivity index (χ1n) is 5.76. The van der Waals surface area contributed by atoms with Crippen LogP contribution in [0.4, 0.5) is 13.2 Å². The molecule has 3 atom stereocenters. The monoisotopic (exact) mass is 334 g/mol. The number of nitrogens with two attached hydrogens (primary N) is 1. The van der Waals surface area contributed by atoms with E-state index < -0.39 is 57.9 Å². The van der Waals surface area contributed by atoms with Crippen LogP contribution in [-0.2, 0) is 19.3 Å². The number of aliphatic hydroxyl groups is 1. The van der Waals surface area contributed by atoms with Crippen molar-refractivity contribution in [3.8, 4) is 0 Å². The summed E-state index contributed by atoms with van der Waals surface area (Å²) in [4.78, 5) is 21.1. The SMILES string of the molecule is N=S(=O)(CCC(C(=O)O)C(F)(F)F)CCC(N)(C=O)CO. The van der Waals surface area contributed by atoms with Crippen LogP contribution in [0.25, 0.3) is 0 Å². The van der Waals surface area contributed by atoms with Crippen molar-refractivity contribution in [3.63, 3.8) is 0 Å². The average Bonchev–Trinajstić information content (AvgIpc) is 2.34. The van der Waals surface area contributed by atoms with Crippen LogP contribution in [0, 0.1) is 10.7 Å². The van der Waals surface area contributed by atoms with Crippen molar-refractivity contribution in [3.05, 3.63) is 0 Å². The number of hydrogen-bond acceptors (Lipinski definition) is 6. The highest BCUT2D eigenvalue weighted by Crippen LogP contribution is 2.29. The number of carbonyl (C=O) groups is 2. The number of nitrogens with one attached hydrogen (secondary N) is 1. The van der Waals surface area contributed by atoms with E-state index in [2.05, 4.69) is 0 Å². The largest absolute Gasteiger partial charge is 0.481 e. The van der Waals surface area contributed by atoms with Crippen molar-refractivity contribution in [2.75, 3.05) is 18.1 Å². The molecule has 0 heterocycles. The third-order valence-electron chi connectivity index (χ3n) is 2.86. The Bertz CT molecular complexity index is 480. The number of carboxylic acids is 1. The minimum Gasteiger partial charge on any atom is -0.481 e. The lowest BCUT2D eigenvalue weighted by atomic mass is 10.0. The third-order valence-corrected chi connectivity index (χ3v) is 4.61. The summed E-state index contributed by atoms with van der Waals surface area (Å²) in [5, 5.41) is 17.3. The van der Waals surface area contributed by atoms with E-state index in [0.717, 1.165) is 0 Å². The van der Waals surface area contributed by atoms with E-state index in [-0.39, 0.29) is 12.7 Å². The summed E-state index contributed by atoms with van der Waals surface area (Å²) in [6.45, 7) is -0.758.